The van der Waals surface area contributed by atoms with E-state index in [9.17, 15) is 4.79 Å². The highest BCUT2D eigenvalue weighted by atomic mass is 16.2. The van der Waals surface area contributed by atoms with Gasteiger partial charge in [0.2, 0.25) is 5.91 Å². The van der Waals surface area contributed by atoms with Crippen molar-refractivity contribution in [2.24, 2.45) is 5.92 Å². The van der Waals surface area contributed by atoms with Gasteiger partial charge in [-0.1, -0.05) is 24.3 Å². The lowest BCUT2D eigenvalue weighted by atomic mass is 9.83. The fourth-order valence-electron chi connectivity index (χ4n) is 3.31. The summed E-state index contributed by atoms with van der Waals surface area (Å²) in [5.41, 5.74) is 2.68. The molecule has 3 heteroatoms. The first kappa shape index (κ1) is 12.2. The zero-order valence-corrected chi connectivity index (χ0v) is 11.0. The average Bonchev–Trinajstić information content (AvgIpc) is 2.94. The first-order valence-electron chi connectivity index (χ1n) is 7.06. The van der Waals surface area contributed by atoms with Gasteiger partial charge in [-0.2, -0.15) is 5.26 Å². The van der Waals surface area contributed by atoms with Crippen molar-refractivity contribution in [2.45, 2.75) is 38.1 Å². The lowest BCUT2D eigenvalue weighted by molar-refractivity contribution is -0.135. The molecule has 1 unspecified atom stereocenters. The van der Waals surface area contributed by atoms with E-state index in [4.69, 9.17) is 5.26 Å². The molecule has 3 nitrogen and oxygen atoms in total. The second kappa shape index (κ2) is 5.05. The van der Waals surface area contributed by atoms with Gasteiger partial charge in [0.15, 0.2) is 0 Å². The Labute approximate surface area is 113 Å². The van der Waals surface area contributed by atoms with Crippen molar-refractivity contribution < 1.29 is 4.79 Å². The van der Waals surface area contributed by atoms with Crippen molar-refractivity contribution in [1.29, 1.82) is 5.26 Å². The van der Waals surface area contributed by atoms with E-state index in [1.807, 2.05) is 6.07 Å². The summed E-state index contributed by atoms with van der Waals surface area (Å²) >= 11 is 0. The Morgan fingerprint density at radius 3 is 2.84 bits per heavy atom. The standard InChI is InChI=1S/C16H18N2O/c17-11-15-6-3-9-18(15)16(19)14-8-7-12-4-1-2-5-13(12)10-14/h1-2,4-5,14-15H,3,6-10H2/t14-,15?/m0/s1. The normalized spacial score (nSPS) is 25.7. The summed E-state index contributed by atoms with van der Waals surface area (Å²) in [6.07, 6.45) is 4.55. The second-order valence-electron chi connectivity index (χ2n) is 5.53. The van der Waals surface area contributed by atoms with Gasteiger partial charge < -0.3 is 4.90 Å². The lowest BCUT2D eigenvalue weighted by Crippen LogP contribution is -2.40. The van der Waals surface area contributed by atoms with E-state index in [0.717, 1.165) is 38.6 Å². The molecule has 1 aromatic carbocycles. The van der Waals surface area contributed by atoms with E-state index < -0.39 is 0 Å². The van der Waals surface area contributed by atoms with E-state index in [1.165, 1.54) is 11.1 Å². The van der Waals surface area contributed by atoms with Crippen LogP contribution in [-0.2, 0) is 17.6 Å². The number of likely N-dealkylation sites (tertiary alicyclic amines) is 1. The van der Waals surface area contributed by atoms with Crippen LogP contribution in [0.2, 0.25) is 0 Å². The lowest BCUT2D eigenvalue weighted by Gasteiger charge is -2.29. The summed E-state index contributed by atoms with van der Waals surface area (Å²) in [4.78, 5) is 14.4. The summed E-state index contributed by atoms with van der Waals surface area (Å²) in [5.74, 6) is 0.266. The summed E-state index contributed by atoms with van der Waals surface area (Å²) in [7, 11) is 0. The first-order valence-corrected chi connectivity index (χ1v) is 7.06. The molecule has 0 spiro atoms. The third kappa shape index (κ3) is 2.23. The van der Waals surface area contributed by atoms with Crippen LogP contribution in [0.15, 0.2) is 24.3 Å². The second-order valence-corrected chi connectivity index (χ2v) is 5.53. The van der Waals surface area contributed by atoms with Gasteiger partial charge in [-0.3, -0.25) is 4.79 Å². The largest absolute Gasteiger partial charge is 0.326 e. The van der Waals surface area contributed by atoms with Gasteiger partial charge in [-0.15, -0.1) is 0 Å². The fraction of sp³-hybridized carbons (Fsp3) is 0.500. The Kier molecular flexibility index (Phi) is 3.25. The maximum Gasteiger partial charge on any atom is 0.227 e. The number of aryl methyl sites for hydroxylation is 1. The molecule has 0 saturated carbocycles. The number of hydrogen-bond donors (Lipinski definition) is 0. The molecule has 3 rings (SSSR count). The number of hydrogen-bond acceptors (Lipinski definition) is 2. The predicted molar refractivity (Wildman–Crippen MR) is 72.3 cm³/mol. The van der Waals surface area contributed by atoms with Crippen LogP contribution < -0.4 is 0 Å². The van der Waals surface area contributed by atoms with Crippen LogP contribution in [0.4, 0.5) is 0 Å². The van der Waals surface area contributed by atoms with Gasteiger partial charge in [0.05, 0.1) is 6.07 Å². The fourth-order valence-corrected chi connectivity index (χ4v) is 3.31. The van der Waals surface area contributed by atoms with Crippen LogP contribution in [0.25, 0.3) is 0 Å². The van der Waals surface area contributed by atoms with Crippen LogP contribution in [0, 0.1) is 17.2 Å². The van der Waals surface area contributed by atoms with Crippen molar-refractivity contribution in [3.05, 3.63) is 35.4 Å². The Balaban J connectivity index is 1.75. The predicted octanol–water partition coefficient (Wildman–Crippen LogP) is 2.31. The number of amides is 1. The number of nitriles is 1. The third-order valence-corrected chi connectivity index (χ3v) is 4.38. The van der Waals surface area contributed by atoms with Crippen molar-refractivity contribution in [1.82, 2.24) is 4.90 Å². The Hall–Kier alpha value is -1.82. The molecular weight excluding hydrogens is 236 g/mol. The molecule has 2 atom stereocenters. The number of fused-ring (bicyclic) bond motifs is 1. The third-order valence-electron chi connectivity index (χ3n) is 4.38. The summed E-state index contributed by atoms with van der Waals surface area (Å²) in [6.45, 7) is 0.759. The zero-order chi connectivity index (χ0) is 13.2. The SMILES string of the molecule is N#CC1CCCN1C(=O)[C@H]1CCc2ccccc2C1. The van der Waals surface area contributed by atoms with Crippen molar-refractivity contribution in [2.75, 3.05) is 6.54 Å². The molecule has 1 aromatic rings. The van der Waals surface area contributed by atoms with E-state index in [2.05, 4.69) is 24.3 Å². The highest BCUT2D eigenvalue weighted by molar-refractivity contribution is 5.80. The van der Waals surface area contributed by atoms with Gasteiger partial charge in [0, 0.05) is 12.5 Å². The van der Waals surface area contributed by atoms with Gasteiger partial charge in [0.25, 0.3) is 0 Å². The highest BCUT2D eigenvalue weighted by Crippen LogP contribution is 2.29. The van der Waals surface area contributed by atoms with E-state index in [0.29, 0.717) is 0 Å². The summed E-state index contributed by atoms with van der Waals surface area (Å²) < 4.78 is 0. The van der Waals surface area contributed by atoms with E-state index in [1.54, 1.807) is 4.90 Å². The highest BCUT2D eigenvalue weighted by Gasteiger charge is 2.34. The Morgan fingerprint density at radius 2 is 2.05 bits per heavy atom. The molecule has 1 aliphatic carbocycles. The van der Waals surface area contributed by atoms with Crippen LogP contribution in [0.1, 0.15) is 30.4 Å². The Bertz CT molecular complexity index is 532. The molecule has 2 aliphatic rings. The molecule has 19 heavy (non-hydrogen) atoms. The van der Waals surface area contributed by atoms with Crippen LogP contribution in [0.3, 0.4) is 0 Å². The zero-order valence-electron chi connectivity index (χ0n) is 11.0. The first-order chi connectivity index (χ1) is 9.29. The monoisotopic (exact) mass is 254 g/mol. The number of carbonyl (C=O) groups excluding carboxylic acids is 1. The maximum absolute atomic E-state index is 12.6. The molecule has 0 aromatic heterocycles. The topological polar surface area (TPSA) is 44.1 Å². The van der Waals surface area contributed by atoms with E-state index >= 15 is 0 Å². The maximum atomic E-state index is 12.6. The minimum absolute atomic E-state index is 0.0730. The molecule has 1 heterocycles. The summed E-state index contributed by atoms with van der Waals surface area (Å²) in [5, 5.41) is 9.10. The number of rotatable bonds is 1. The molecule has 0 N–H and O–H groups in total. The minimum Gasteiger partial charge on any atom is -0.326 e. The van der Waals surface area contributed by atoms with Crippen LogP contribution >= 0.6 is 0 Å². The van der Waals surface area contributed by atoms with Gasteiger partial charge in [0.1, 0.15) is 6.04 Å². The van der Waals surface area contributed by atoms with Gasteiger partial charge >= 0.3 is 0 Å². The van der Waals surface area contributed by atoms with Gasteiger partial charge in [-0.25, -0.2) is 0 Å². The number of nitrogens with zero attached hydrogens (tertiary/aromatic N) is 2. The molecule has 0 bridgehead atoms. The molecule has 1 fully saturated rings. The average molecular weight is 254 g/mol. The van der Waals surface area contributed by atoms with Crippen molar-refractivity contribution in [3.63, 3.8) is 0 Å². The minimum atomic E-state index is -0.190. The smallest absolute Gasteiger partial charge is 0.227 e. The van der Waals surface area contributed by atoms with Crippen LogP contribution in [-0.4, -0.2) is 23.4 Å². The quantitative estimate of drug-likeness (QED) is 0.772. The molecule has 1 amide bonds. The van der Waals surface area contributed by atoms with Crippen LogP contribution in [0.5, 0.6) is 0 Å². The molecule has 98 valence electrons. The van der Waals surface area contributed by atoms with Gasteiger partial charge in [-0.05, 0) is 43.2 Å². The summed E-state index contributed by atoms with van der Waals surface area (Å²) in [6, 6.07) is 10.5. The number of carbonyl (C=O) groups is 1. The molecule has 1 aliphatic heterocycles. The van der Waals surface area contributed by atoms with Crippen molar-refractivity contribution in [3.8, 4) is 6.07 Å². The Morgan fingerprint density at radius 1 is 1.26 bits per heavy atom. The number of benzene rings is 1. The van der Waals surface area contributed by atoms with Crippen molar-refractivity contribution >= 4 is 5.91 Å². The molecule has 1 saturated heterocycles. The van der Waals surface area contributed by atoms with E-state index in [-0.39, 0.29) is 17.9 Å². The molecule has 0 radical (unpaired) electrons. The molecular formula is C16H18N2O.